The van der Waals surface area contributed by atoms with Crippen molar-refractivity contribution in [3.05, 3.63) is 11.8 Å². The zero-order valence-electron chi connectivity index (χ0n) is 15.0. The summed E-state index contributed by atoms with van der Waals surface area (Å²) in [5.74, 6) is 1.46. The van der Waals surface area contributed by atoms with Gasteiger partial charge in [0.1, 0.15) is 5.76 Å². The maximum atomic E-state index is 12.6. The Balaban J connectivity index is 1.62. The molecule has 138 valence electrons. The largest absolute Gasteiger partial charge is 0.491 e. The summed E-state index contributed by atoms with van der Waals surface area (Å²) in [4.78, 5) is 29.0. The highest BCUT2D eigenvalue weighted by atomic mass is 16.5. The van der Waals surface area contributed by atoms with Crippen molar-refractivity contribution < 1.29 is 19.2 Å². The normalized spacial score (nSPS) is 21.7. The number of aromatic nitrogens is 1. The molecule has 0 bridgehead atoms. The molecule has 0 spiro atoms. The first-order chi connectivity index (χ1) is 11.9. The molecule has 1 saturated carbocycles. The lowest BCUT2D eigenvalue weighted by Crippen LogP contribution is -2.48. The molecule has 1 aliphatic heterocycles. The Morgan fingerprint density at radius 1 is 1.44 bits per heavy atom. The standard InChI is InChI=1S/C18H27N3O4/c1-12(2)15-11-20(8-7-18(24)21(15)10-13-3-4-13)17(23)6-5-14-9-16(22)19-25-14/h9,12-13,15H,3-8,10-11H2,1-2H3,(H,19,22). The van der Waals surface area contributed by atoms with Gasteiger partial charge in [0.05, 0.1) is 6.04 Å². The minimum Gasteiger partial charge on any atom is -0.491 e. The van der Waals surface area contributed by atoms with Crippen LogP contribution in [0.4, 0.5) is 0 Å². The Kier molecular flexibility index (Phi) is 5.30. The van der Waals surface area contributed by atoms with Crippen LogP contribution in [0.2, 0.25) is 0 Å². The van der Waals surface area contributed by atoms with E-state index in [1.54, 1.807) is 0 Å². The van der Waals surface area contributed by atoms with Crippen LogP contribution in [0.5, 0.6) is 5.88 Å². The molecule has 1 saturated heterocycles. The van der Waals surface area contributed by atoms with Gasteiger partial charge in [0.2, 0.25) is 11.8 Å². The fourth-order valence-corrected chi connectivity index (χ4v) is 3.40. The molecule has 0 radical (unpaired) electrons. The van der Waals surface area contributed by atoms with Gasteiger partial charge in [-0.25, -0.2) is 0 Å². The van der Waals surface area contributed by atoms with Crippen LogP contribution in [0, 0.1) is 11.8 Å². The minimum atomic E-state index is -0.168. The Bertz CT molecular complexity index is 624. The van der Waals surface area contributed by atoms with Gasteiger partial charge in [-0.2, -0.15) is 0 Å². The van der Waals surface area contributed by atoms with Gasteiger partial charge >= 0.3 is 0 Å². The van der Waals surface area contributed by atoms with E-state index in [0.29, 0.717) is 43.5 Å². The van der Waals surface area contributed by atoms with Crippen molar-refractivity contribution >= 4 is 11.8 Å². The second-order valence-electron chi connectivity index (χ2n) is 7.54. The number of nitrogens with zero attached hydrogens (tertiary/aromatic N) is 3. The van der Waals surface area contributed by atoms with Gasteiger partial charge in [-0.05, 0) is 29.8 Å². The molecule has 0 aromatic carbocycles. The summed E-state index contributed by atoms with van der Waals surface area (Å²) in [7, 11) is 0. The van der Waals surface area contributed by atoms with E-state index in [9.17, 15) is 14.7 Å². The Hall–Kier alpha value is -2.05. The number of hydrogen-bond acceptors (Lipinski definition) is 5. The molecule has 2 amide bonds. The molecule has 2 aliphatic rings. The Morgan fingerprint density at radius 2 is 2.20 bits per heavy atom. The van der Waals surface area contributed by atoms with Gasteiger partial charge < -0.3 is 19.4 Å². The zero-order chi connectivity index (χ0) is 18.0. The van der Waals surface area contributed by atoms with E-state index >= 15 is 0 Å². The first kappa shape index (κ1) is 17.8. The number of aromatic hydroxyl groups is 1. The van der Waals surface area contributed by atoms with Crippen LogP contribution in [0.3, 0.4) is 0 Å². The van der Waals surface area contributed by atoms with Gasteiger partial charge in [-0.15, -0.1) is 0 Å². The fraction of sp³-hybridized carbons (Fsp3) is 0.722. The minimum absolute atomic E-state index is 0.0163. The number of amides is 2. The molecule has 3 rings (SSSR count). The zero-order valence-corrected chi connectivity index (χ0v) is 15.0. The van der Waals surface area contributed by atoms with Crippen LogP contribution < -0.4 is 0 Å². The van der Waals surface area contributed by atoms with E-state index in [-0.39, 0.29) is 30.2 Å². The van der Waals surface area contributed by atoms with E-state index in [0.717, 1.165) is 6.54 Å². The summed E-state index contributed by atoms with van der Waals surface area (Å²) >= 11 is 0. The third-order valence-electron chi connectivity index (χ3n) is 5.13. The molecule has 1 N–H and O–H groups in total. The lowest BCUT2D eigenvalue weighted by molar-refractivity contribution is -0.134. The number of rotatable bonds is 6. The van der Waals surface area contributed by atoms with E-state index in [4.69, 9.17) is 4.52 Å². The number of hydrogen-bond donors (Lipinski definition) is 1. The Labute approximate surface area is 147 Å². The van der Waals surface area contributed by atoms with Gasteiger partial charge in [-0.1, -0.05) is 13.8 Å². The number of aryl methyl sites for hydroxylation is 1. The molecular formula is C18H27N3O4. The number of carbonyl (C=O) groups is 2. The molecule has 2 fully saturated rings. The quantitative estimate of drug-likeness (QED) is 0.846. The van der Waals surface area contributed by atoms with Crippen molar-refractivity contribution in [3.63, 3.8) is 0 Å². The maximum Gasteiger partial charge on any atom is 0.251 e. The SMILES string of the molecule is CC(C)C1CN(C(=O)CCc2cc(O)no2)CCC(=O)N1CC1CC1. The third-order valence-corrected chi connectivity index (χ3v) is 5.13. The highest BCUT2D eigenvalue weighted by molar-refractivity contribution is 5.80. The first-order valence-electron chi connectivity index (χ1n) is 9.16. The van der Waals surface area contributed by atoms with Gasteiger partial charge in [-0.3, -0.25) is 9.59 Å². The summed E-state index contributed by atoms with van der Waals surface area (Å²) < 4.78 is 4.94. The van der Waals surface area contributed by atoms with Crippen molar-refractivity contribution in [2.75, 3.05) is 19.6 Å². The lowest BCUT2D eigenvalue weighted by Gasteiger charge is -2.34. The van der Waals surface area contributed by atoms with Crippen LogP contribution in [0.15, 0.2) is 10.6 Å². The second kappa shape index (κ2) is 7.45. The van der Waals surface area contributed by atoms with Gasteiger partial charge in [0.15, 0.2) is 0 Å². The lowest BCUT2D eigenvalue weighted by atomic mass is 10.0. The van der Waals surface area contributed by atoms with E-state index in [2.05, 4.69) is 19.0 Å². The topological polar surface area (TPSA) is 86.9 Å². The first-order valence-corrected chi connectivity index (χ1v) is 9.16. The predicted octanol–water partition coefficient (Wildman–Crippen LogP) is 1.81. The maximum absolute atomic E-state index is 12.6. The van der Waals surface area contributed by atoms with Crippen LogP contribution in [-0.2, 0) is 16.0 Å². The summed E-state index contributed by atoms with van der Waals surface area (Å²) in [5.41, 5.74) is 0. The molecule has 1 aromatic heterocycles. The van der Waals surface area contributed by atoms with Crippen LogP contribution in [0.25, 0.3) is 0 Å². The molecule has 1 aliphatic carbocycles. The summed E-state index contributed by atoms with van der Waals surface area (Å²) in [6.45, 7) is 6.13. The fourth-order valence-electron chi connectivity index (χ4n) is 3.40. The highest BCUT2D eigenvalue weighted by Gasteiger charge is 2.36. The monoisotopic (exact) mass is 349 g/mol. The molecule has 25 heavy (non-hydrogen) atoms. The van der Waals surface area contributed by atoms with Gasteiger partial charge in [0, 0.05) is 45.0 Å². The molecule has 1 atom stereocenters. The van der Waals surface area contributed by atoms with Crippen molar-refractivity contribution in [3.8, 4) is 5.88 Å². The van der Waals surface area contributed by atoms with Gasteiger partial charge in [0.25, 0.3) is 5.88 Å². The van der Waals surface area contributed by atoms with Crippen LogP contribution in [-0.4, -0.2) is 57.6 Å². The van der Waals surface area contributed by atoms with Crippen molar-refractivity contribution in [2.45, 2.75) is 52.0 Å². The average Bonchev–Trinajstić information content (AvgIpc) is 3.32. The average molecular weight is 349 g/mol. The van der Waals surface area contributed by atoms with E-state index < -0.39 is 0 Å². The van der Waals surface area contributed by atoms with E-state index in [1.807, 2.05) is 9.80 Å². The highest BCUT2D eigenvalue weighted by Crippen LogP contribution is 2.32. The van der Waals surface area contributed by atoms with Crippen molar-refractivity contribution in [1.82, 2.24) is 15.0 Å². The third kappa shape index (κ3) is 4.52. The molecule has 1 unspecified atom stereocenters. The van der Waals surface area contributed by atoms with Crippen molar-refractivity contribution in [1.29, 1.82) is 0 Å². The molecule has 1 aromatic rings. The molecule has 7 heteroatoms. The van der Waals surface area contributed by atoms with Crippen LogP contribution >= 0.6 is 0 Å². The summed E-state index contributed by atoms with van der Waals surface area (Å²) in [5, 5.41) is 12.6. The van der Waals surface area contributed by atoms with Crippen molar-refractivity contribution in [2.24, 2.45) is 11.8 Å². The molecule has 7 nitrogen and oxygen atoms in total. The molecular weight excluding hydrogens is 322 g/mol. The summed E-state index contributed by atoms with van der Waals surface area (Å²) in [6, 6.07) is 1.50. The van der Waals surface area contributed by atoms with E-state index in [1.165, 1.54) is 18.9 Å². The Morgan fingerprint density at radius 3 is 2.80 bits per heavy atom. The predicted molar refractivity (Wildman–Crippen MR) is 90.7 cm³/mol. The number of carbonyl (C=O) groups excluding carboxylic acids is 2. The smallest absolute Gasteiger partial charge is 0.251 e. The second-order valence-corrected chi connectivity index (χ2v) is 7.54. The van der Waals surface area contributed by atoms with Crippen LogP contribution in [0.1, 0.15) is 45.3 Å². The molecule has 2 heterocycles. The summed E-state index contributed by atoms with van der Waals surface area (Å²) in [6.07, 6.45) is 3.50.